The maximum Gasteiger partial charge on any atom is 0.193 e. The van der Waals surface area contributed by atoms with Gasteiger partial charge in [0.1, 0.15) is 6.10 Å². The van der Waals surface area contributed by atoms with E-state index in [-0.39, 0.29) is 11.2 Å². The molecule has 0 unspecified atom stereocenters. The van der Waals surface area contributed by atoms with Gasteiger partial charge in [0.15, 0.2) is 5.12 Å². The van der Waals surface area contributed by atoms with Gasteiger partial charge in [-0.2, -0.15) is 5.26 Å². The zero-order valence-corrected chi connectivity index (χ0v) is 12.3. The summed E-state index contributed by atoms with van der Waals surface area (Å²) in [5.41, 5.74) is 2.39. The Morgan fingerprint density at radius 1 is 1.50 bits per heavy atom. The highest BCUT2D eigenvalue weighted by molar-refractivity contribution is 8.14. The molecule has 1 aromatic carbocycles. The first-order valence-corrected chi connectivity index (χ1v) is 7.39. The van der Waals surface area contributed by atoms with Crippen LogP contribution in [0.2, 0.25) is 0 Å². The monoisotopic (exact) mass is 288 g/mol. The fraction of sp³-hybridized carbons (Fsp3) is 0.400. The lowest BCUT2D eigenvalue weighted by Gasteiger charge is -2.08. The minimum atomic E-state index is -0.167. The smallest absolute Gasteiger partial charge is 0.193 e. The van der Waals surface area contributed by atoms with Crippen LogP contribution in [-0.4, -0.2) is 22.2 Å². The van der Waals surface area contributed by atoms with Crippen LogP contribution in [0.25, 0.3) is 0 Å². The fourth-order valence-electron chi connectivity index (χ4n) is 1.94. The summed E-state index contributed by atoms with van der Waals surface area (Å²) in [5.74, 6) is 0. The Kier molecular flexibility index (Phi) is 4.80. The van der Waals surface area contributed by atoms with Crippen molar-refractivity contribution >= 4 is 22.6 Å². The van der Waals surface area contributed by atoms with E-state index in [1.807, 2.05) is 26.0 Å². The van der Waals surface area contributed by atoms with Gasteiger partial charge in [-0.3, -0.25) is 4.79 Å². The molecule has 0 radical (unpaired) electrons. The number of oxime groups is 1. The molecule has 0 fully saturated rings. The molecule has 0 saturated heterocycles. The Morgan fingerprint density at radius 2 is 2.20 bits per heavy atom. The normalized spacial score (nSPS) is 17.5. The zero-order valence-electron chi connectivity index (χ0n) is 11.5. The predicted octanol–water partition coefficient (Wildman–Crippen LogP) is 3.11. The molecule has 2 rings (SSSR count). The number of carbonyl (C=O) groups excluding carboxylic acids is 1. The number of rotatable bonds is 4. The number of thioether (sulfide) groups is 1. The summed E-state index contributed by atoms with van der Waals surface area (Å²) in [6, 6.07) is 9.30. The van der Waals surface area contributed by atoms with Crippen molar-refractivity contribution in [2.75, 3.05) is 0 Å². The van der Waals surface area contributed by atoms with Gasteiger partial charge in [-0.1, -0.05) is 42.9 Å². The van der Waals surface area contributed by atoms with Gasteiger partial charge in [0.2, 0.25) is 0 Å². The van der Waals surface area contributed by atoms with Crippen molar-refractivity contribution in [3.05, 3.63) is 35.4 Å². The molecule has 0 spiro atoms. The van der Waals surface area contributed by atoms with Gasteiger partial charge in [-0.15, -0.1) is 0 Å². The summed E-state index contributed by atoms with van der Waals surface area (Å²) in [6.45, 7) is 3.99. The van der Waals surface area contributed by atoms with Gasteiger partial charge in [0.25, 0.3) is 0 Å². The topological polar surface area (TPSA) is 62.5 Å². The first-order chi connectivity index (χ1) is 9.58. The largest absolute Gasteiger partial charge is 0.391 e. The third kappa shape index (κ3) is 3.84. The highest BCUT2D eigenvalue weighted by atomic mass is 32.2. The van der Waals surface area contributed by atoms with E-state index in [2.05, 4.69) is 11.2 Å². The van der Waals surface area contributed by atoms with Crippen LogP contribution in [0, 0.1) is 11.3 Å². The van der Waals surface area contributed by atoms with Crippen molar-refractivity contribution in [1.29, 1.82) is 5.26 Å². The molecular weight excluding hydrogens is 272 g/mol. The molecule has 1 atom stereocenters. The Balaban J connectivity index is 1.91. The fourth-order valence-corrected chi connectivity index (χ4v) is 2.75. The van der Waals surface area contributed by atoms with Gasteiger partial charge in [-0.05, 0) is 17.7 Å². The van der Waals surface area contributed by atoms with Crippen molar-refractivity contribution in [3.63, 3.8) is 0 Å². The second-order valence-corrected chi connectivity index (χ2v) is 6.54. The maximum atomic E-state index is 11.7. The molecule has 1 aliphatic rings. The summed E-state index contributed by atoms with van der Waals surface area (Å²) < 4.78 is 0. The molecule has 0 amide bonds. The highest BCUT2D eigenvalue weighted by Gasteiger charge is 2.25. The molecule has 4 nitrogen and oxygen atoms in total. The van der Waals surface area contributed by atoms with Crippen LogP contribution in [0.4, 0.5) is 0 Å². The average molecular weight is 288 g/mol. The lowest BCUT2D eigenvalue weighted by Crippen LogP contribution is -2.13. The van der Waals surface area contributed by atoms with E-state index in [1.165, 1.54) is 11.8 Å². The molecule has 0 saturated carbocycles. The lowest BCUT2D eigenvalue weighted by molar-refractivity contribution is -0.113. The molecule has 20 heavy (non-hydrogen) atoms. The molecule has 5 heteroatoms. The summed E-state index contributed by atoms with van der Waals surface area (Å²) in [6.07, 6.45) is 0.849. The maximum absolute atomic E-state index is 11.7. The molecule has 0 aromatic heterocycles. The summed E-state index contributed by atoms with van der Waals surface area (Å²) >= 11 is 1.34. The van der Waals surface area contributed by atoms with E-state index in [0.29, 0.717) is 23.7 Å². The quantitative estimate of drug-likeness (QED) is 0.854. The Labute approximate surface area is 122 Å². The van der Waals surface area contributed by atoms with Gasteiger partial charge in [0, 0.05) is 11.7 Å². The van der Waals surface area contributed by atoms with Crippen LogP contribution < -0.4 is 0 Å². The van der Waals surface area contributed by atoms with Gasteiger partial charge in [-0.25, -0.2) is 0 Å². The third-order valence-corrected chi connectivity index (χ3v) is 3.74. The number of nitriles is 1. The Morgan fingerprint density at radius 3 is 2.80 bits per heavy atom. The van der Waals surface area contributed by atoms with E-state index in [0.717, 1.165) is 11.3 Å². The van der Waals surface area contributed by atoms with Crippen LogP contribution in [0.15, 0.2) is 29.4 Å². The van der Waals surface area contributed by atoms with Crippen LogP contribution in [0.5, 0.6) is 0 Å². The van der Waals surface area contributed by atoms with Gasteiger partial charge in [0.05, 0.1) is 23.8 Å². The van der Waals surface area contributed by atoms with Crippen LogP contribution in [0.1, 0.15) is 37.8 Å². The van der Waals surface area contributed by atoms with Crippen molar-refractivity contribution in [2.45, 2.75) is 38.0 Å². The second kappa shape index (κ2) is 6.58. The summed E-state index contributed by atoms with van der Waals surface area (Å²) in [4.78, 5) is 17.0. The van der Waals surface area contributed by atoms with Gasteiger partial charge >= 0.3 is 0 Å². The number of nitrogens with zero attached hydrogens (tertiary/aromatic N) is 2. The number of hydrogen-bond donors (Lipinski definition) is 0. The van der Waals surface area contributed by atoms with E-state index in [9.17, 15) is 4.79 Å². The van der Waals surface area contributed by atoms with Crippen molar-refractivity contribution in [3.8, 4) is 6.07 Å². The molecule has 0 bridgehead atoms. The molecule has 104 valence electrons. The summed E-state index contributed by atoms with van der Waals surface area (Å²) in [7, 11) is 0. The lowest BCUT2D eigenvalue weighted by atomic mass is 10.0. The highest BCUT2D eigenvalue weighted by Crippen LogP contribution is 2.23. The Bertz CT molecular complexity index is 558. The number of benzene rings is 1. The molecular formula is C15H16N2O2S. The van der Waals surface area contributed by atoms with Crippen LogP contribution in [-0.2, 0) is 9.63 Å². The molecule has 0 aliphatic carbocycles. The van der Waals surface area contributed by atoms with Crippen molar-refractivity contribution in [1.82, 2.24) is 0 Å². The SMILES string of the molecule is CC(C)SC(=O)C[C@@H]1CC(c2ccc(C#N)cc2)=NO1. The van der Waals surface area contributed by atoms with E-state index in [4.69, 9.17) is 10.1 Å². The van der Waals surface area contributed by atoms with Gasteiger partial charge < -0.3 is 4.84 Å². The molecule has 1 aliphatic heterocycles. The van der Waals surface area contributed by atoms with Crippen molar-refractivity contribution < 1.29 is 9.63 Å². The number of carbonyl (C=O) groups is 1. The van der Waals surface area contributed by atoms with E-state index < -0.39 is 0 Å². The zero-order chi connectivity index (χ0) is 14.5. The molecule has 1 heterocycles. The third-order valence-electron chi connectivity index (χ3n) is 2.84. The van der Waals surface area contributed by atoms with E-state index >= 15 is 0 Å². The average Bonchev–Trinajstić information content (AvgIpc) is 2.86. The van der Waals surface area contributed by atoms with Crippen LogP contribution >= 0.6 is 11.8 Å². The Hall–Kier alpha value is -1.80. The first-order valence-electron chi connectivity index (χ1n) is 6.51. The van der Waals surface area contributed by atoms with E-state index in [1.54, 1.807) is 12.1 Å². The molecule has 0 N–H and O–H groups in total. The summed E-state index contributed by atoms with van der Waals surface area (Å²) in [5, 5.41) is 13.2. The van der Waals surface area contributed by atoms with Crippen molar-refractivity contribution in [2.24, 2.45) is 5.16 Å². The number of hydrogen-bond acceptors (Lipinski definition) is 5. The standard InChI is InChI=1S/C15H16N2O2S/c1-10(2)20-15(18)8-13-7-14(17-19-13)12-5-3-11(9-16)4-6-12/h3-6,10,13H,7-8H2,1-2H3/t13-/m0/s1. The van der Waals surface area contributed by atoms with Crippen LogP contribution in [0.3, 0.4) is 0 Å². The minimum absolute atomic E-state index is 0.140. The predicted molar refractivity (Wildman–Crippen MR) is 79.5 cm³/mol. The minimum Gasteiger partial charge on any atom is -0.391 e. The first kappa shape index (κ1) is 14.6. The molecule has 1 aromatic rings. The second-order valence-electron chi connectivity index (χ2n) is 4.90.